The summed E-state index contributed by atoms with van der Waals surface area (Å²) < 4.78 is 11.9. The fourth-order valence-corrected chi connectivity index (χ4v) is 7.02. The Morgan fingerprint density at radius 3 is 2.10 bits per heavy atom. The van der Waals surface area contributed by atoms with Crippen molar-refractivity contribution in [3.8, 4) is 5.75 Å². The predicted octanol–water partition coefficient (Wildman–Crippen LogP) is 7.92. The van der Waals surface area contributed by atoms with Crippen LogP contribution in [0.3, 0.4) is 0 Å². The van der Waals surface area contributed by atoms with E-state index in [1.54, 1.807) is 7.11 Å². The third-order valence-electron chi connectivity index (χ3n) is 7.02. The van der Waals surface area contributed by atoms with Gasteiger partial charge in [0.15, 0.2) is 6.79 Å². The van der Waals surface area contributed by atoms with Crippen molar-refractivity contribution in [2.45, 2.75) is 44.7 Å². The van der Waals surface area contributed by atoms with Crippen molar-refractivity contribution in [1.82, 2.24) is 0 Å². The summed E-state index contributed by atoms with van der Waals surface area (Å²) in [5.74, 6) is 0.961. The number of hydrogen-bond donors (Lipinski definition) is 0. The topological polar surface area (TPSA) is 30.8 Å². The molecular formula is C35H40NO2P. The van der Waals surface area contributed by atoms with Gasteiger partial charge in [-0.1, -0.05) is 126 Å². The minimum absolute atomic E-state index is 0.117. The average molecular weight is 538 g/mol. The first-order chi connectivity index (χ1) is 19.1. The van der Waals surface area contributed by atoms with Gasteiger partial charge in [0.2, 0.25) is 0 Å². The molecule has 2 atom stereocenters. The number of rotatable bonds is 13. The minimum atomic E-state index is -0.117. The molecule has 0 heterocycles. The quantitative estimate of drug-likeness (QED) is 0.0985. The van der Waals surface area contributed by atoms with Gasteiger partial charge in [0.25, 0.3) is 0 Å². The van der Waals surface area contributed by atoms with E-state index in [9.17, 15) is 0 Å². The van der Waals surface area contributed by atoms with Crippen molar-refractivity contribution in [3.05, 3.63) is 130 Å². The van der Waals surface area contributed by atoms with Gasteiger partial charge in [-0.15, -0.1) is 0 Å². The highest BCUT2D eigenvalue weighted by molar-refractivity contribution is 7.48. The fraction of sp³-hybridized carbons (Fsp3) is 0.286. The molecule has 4 aromatic rings. The summed E-state index contributed by atoms with van der Waals surface area (Å²) in [5.41, 5.74) is 7.54. The highest BCUT2D eigenvalue weighted by atomic mass is 31.1. The first kappa shape index (κ1) is 28.7. The van der Waals surface area contributed by atoms with Crippen molar-refractivity contribution in [2.75, 3.05) is 21.0 Å². The molecule has 0 N–H and O–H groups in total. The molecule has 0 bridgehead atoms. The maximum atomic E-state index is 6.46. The fourth-order valence-electron chi connectivity index (χ4n) is 5.26. The number of ether oxygens (including phenoxy) is 2. The number of methoxy groups -OCH3 is 1. The number of aliphatic imine (C=N–C) groups is 1. The SMILES string of the molecule is CCCC(C)(Pc1ccccc1C=NC)c1cc(Cc2ccccc2)cc(Cc2ccccc2)c1OCOC. The Kier molecular flexibility index (Phi) is 10.5. The number of hydrogen-bond acceptors (Lipinski definition) is 3. The molecule has 0 aromatic heterocycles. The van der Waals surface area contributed by atoms with E-state index in [4.69, 9.17) is 9.47 Å². The minimum Gasteiger partial charge on any atom is -0.467 e. The van der Waals surface area contributed by atoms with Crippen LogP contribution in [0.5, 0.6) is 5.75 Å². The molecule has 0 saturated carbocycles. The van der Waals surface area contributed by atoms with E-state index in [0.29, 0.717) is 8.58 Å². The van der Waals surface area contributed by atoms with E-state index in [2.05, 4.69) is 116 Å². The van der Waals surface area contributed by atoms with Crippen LogP contribution in [0.15, 0.2) is 102 Å². The third kappa shape index (κ3) is 7.66. The summed E-state index contributed by atoms with van der Waals surface area (Å²) in [5, 5.41) is 1.21. The predicted molar refractivity (Wildman–Crippen MR) is 168 cm³/mol. The van der Waals surface area contributed by atoms with Gasteiger partial charge in [0.05, 0.1) is 0 Å². The Morgan fingerprint density at radius 2 is 1.46 bits per heavy atom. The number of nitrogens with zero attached hydrogens (tertiary/aromatic N) is 1. The van der Waals surface area contributed by atoms with Crippen molar-refractivity contribution in [3.63, 3.8) is 0 Å². The maximum absolute atomic E-state index is 6.46. The number of benzene rings is 4. The van der Waals surface area contributed by atoms with Crippen LogP contribution in [-0.2, 0) is 22.7 Å². The molecule has 202 valence electrons. The second-order valence-corrected chi connectivity index (χ2v) is 12.1. The van der Waals surface area contributed by atoms with Crippen LogP contribution in [-0.4, -0.2) is 27.2 Å². The van der Waals surface area contributed by atoms with Crippen LogP contribution in [0.25, 0.3) is 0 Å². The first-order valence-electron chi connectivity index (χ1n) is 13.7. The van der Waals surface area contributed by atoms with Gasteiger partial charge in [0.1, 0.15) is 5.75 Å². The van der Waals surface area contributed by atoms with Crippen molar-refractivity contribution in [2.24, 2.45) is 4.99 Å². The van der Waals surface area contributed by atoms with E-state index in [1.165, 1.54) is 38.7 Å². The van der Waals surface area contributed by atoms with Crippen LogP contribution in [0.4, 0.5) is 0 Å². The monoisotopic (exact) mass is 537 g/mol. The standard InChI is InChI=1S/C35H40NO2P/c1-5-20-35(2,39-33-19-13-12-18-30(33)25-36-3)32-24-29(21-27-14-8-6-9-15-27)23-31(34(32)38-26-37-4)22-28-16-10-7-11-17-28/h6-19,23-25,39H,5,20-22,26H2,1-4H3. The van der Waals surface area contributed by atoms with Gasteiger partial charge in [-0.2, -0.15) is 0 Å². The van der Waals surface area contributed by atoms with E-state index in [0.717, 1.165) is 31.4 Å². The zero-order valence-electron chi connectivity index (χ0n) is 23.6. The van der Waals surface area contributed by atoms with Crippen LogP contribution < -0.4 is 10.0 Å². The van der Waals surface area contributed by atoms with Gasteiger partial charge in [-0.05, 0) is 46.0 Å². The summed E-state index contributed by atoms with van der Waals surface area (Å²) in [4.78, 5) is 4.33. The molecule has 0 aliphatic rings. The Labute approximate surface area is 236 Å². The Bertz CT molecular complexity index is 1350. The van der Waals surface area contributed by atoms with E-state index >= 15 is 0 Å². The van der Waals surface area contributed by atoms with Gasteiger partial charge in [0, 0.05) is 37.5 Å². The Balaban J connectivity index is 1.89. The van der Waals surface area contributed by atoms with Crippen LogP contribution in [0, 0.1) is 0 Å². The smallest absolute Gasteiger partial charge is 0.188 e. The Morgan fingerprint density at radius 1 is 0.821 bits per heavy atom. The molecule has 0 radical (unpaired) electrons. The van der Waals surface area contributed by atoms with Crippen LogP contribution >= 0.6 is 8.58 Å². The lowest BCUT2D eigenvalue weighted by Gasteiger charge is -2.34. The lowest BCUT2D eigenvalue weighted by atomic mass is 9.88. The van der Waals surface area contributed by atoms with Crippen LogP contribution in [0.1, 0.15) is 60.1 Å². The van der Waals surface area contributed by atoms with Crippen LogP contribution in [0.2, 0.25) is 0 Å². The molecule has 3 nitrogen and oxygen atoms in total. The second kappa shape index (κ2) is 14.2. The molecule has 0 fully saturated rings. The summed E-state index contributed by atoms with van der Waals surface area (Å²) >= 11 is 0. The molecule has 2 unspecified atom stereocenters. The summed E-state index contributed by atoms with van der Waals surface area (Å²) in [6.07, 6.45) is 5.79. The molecule has 39 heavy (non-hydrogen) atoms. The van der Waals surface area contributed by atoms with Crippen molar-refractivity contribution >= 4 is 20.1 Å². The van der Waals surface area contributed by atoms with Gasteiger partial charge in [-0.25, -0.2) is 0 Å². The summed E-state index contributed by atoms with van der Waals surface area (Å²) in [7, 11) is 4.09. The summed E-state index contributed by atoms with van der Waals surface area (Å²) in [6.45, 7) is 4.90. The largest absolute Gasteiger partial charge is 0.467 e. The van der Waals surface area contributed by atoms with Gasteiger partial charge < -0.3 is 9.47 Å². The molecular weight excluding hydrogens is 497 g/mol. The van der Waals surface area contributed by atoms with E-state index < -0.39 is 0 Å². The Hall–Kier alpha value is -3.26. The lowest BCUT2D eigenvalue weighted by molar-refractivity contribution is 0.0493. The van der Waals surface area contributed by atoms with E-state index in [-0.39, 0.29) is 11.9 Å². The molecule has 0 spiro atoms. The molecule has 0 aliphatic carbocycles. The zero-order valence-corrected chi connectivity index (χ0v) is 24.6. The van der Waals surface area contributed by atoms with E-state index in [1.807, 2.05) is 13.3 Å². The van der Waals surface area contributed by atoms with Crippen molar-refractivity contribution in [1.29, 1.82) is 0 Å². The average Bonchev–Trinajstić information content (AvgIpc) is 2.95. The lowest BCUT2D eigenvalue weighted by Crippen LogP contribution is -2.23. The normalized spacial score (nSPS) is 13.2. The van der Waals surface area contributed by atoms with Crippen molar-refractivity contribution < 1.29 is 9.47 Å². The van der Waals surface area contributed by atoms with Gasteiger partial charge in [-0.3, -0.25) is 4.99 Å². The zero-order chi connectivity index (χ0) is 27.5. The first-order valence-corrected chi connectivity index (χ1v) is 14.7. The highest BCUT2D eigenvalue weighted by Gasteiger charge is 2.32. The maximum Gasteiger partial charge on any atom is 0.188 e. The highest BCUT2D eigenvalue weighted by Crippen LogP contribution is 2.50. The van der Waals surface area contributed by atoms with Gasteiger partial charge >= 0.3 is 0 Å². The second-order valence-electron chi connectivity index (χ2n) is 10.2. The molecule has 0 aliphatic heterocycles. The molecule has 4 rings (SSSR count). The molecule has 0 saturated heterocycles. The molecule has 0 amide bonds. The molecule has 4 heteroatoms. The third-order valence-corrected chi connectivity index (χ3v) is 8.82. The molecule has 4 aromatic carbocycles. The summed E-state index contributed by atoms with van der Waals surface area (Å²) in [6, 6.07) is 34.8.